The average Bonchev–Trinajstić information content (AvgIpc) is 3.30. The molecule has 168 valence electrons. The Morgan fingerprint density at radius 1 is 0.853 bits per heavy atom. The van der Waals surface area contributed by atoms with Crippen molar-refractivity contribution in [3.8, 4) is 11.3 Å². The molecule has 5 aromatic rings. The molecule has 0 saturated heterocycles. The summed E-state index contributed by atoms with van der Waals surface area (Å²) in [6, 6.07) is 20.6. The van der Waals surface area contributed by atoms with Crippen LogP contribution in [0.3, 0.4) is 0 Å². The van der Waals surface area contributed by atoms with Crippen LogP contribution >= 0.6 is 23.5 Å². The van der Waals surface area contributed by atoms with Crippen LogP contribution < -0.4 is 10.5 Å². The van der Waals surface area contributed by atoms with Crippen LogP contribution in [0.25, 0.3) is 22.4 Å². The molecule has 8 nitrogen and oxygen atoms in total. The number of fused-ring (bicyclic) bond motifs is 3. The van der Waals surface area contributed by atoms with E-state index in [0.717, 1.165) is 21.7 Å². The highest BCUT2D eigenvalue weighted by Crippen LogP contribution is 2.51. The van der Waals surface area contributed by atoms with E-state index in [2.05, 4.69) is 38.5 Å². The van der Waals surface area contributed by atoms with Crippen LogP contribution in [0, 0.1) is 0 Å². The summed E-state index contributed by atoms with van der Waals surface area (Å²) in [6.07, 6.45) is 1.60. The second kappa shape index (κ2) is 8.13. The quantitative estimate of drug-likeness (QED) is 0.305. The van der Waals surface area contributed by atoms with Gasteiger partial charge in [0.1, 0.15) is 11.2 Å². The second-order valence-electron chi connectivity index (χ2n) is 7.48. The Morgan fingerprint density at radius 3 is 2.35 bits per heavy atom. The molecule has 0 bridgehead atoms. The average molecular weight is 505 g/mol. The lowest BCUT2D eigenvalue weighted by atomic mass is 10.1. The van der Waals surface area contributed by atoms with Crippen molar-refractivity contribution in [3.05, 3.63) is 73.1 Å². The Kier molecular flexibility index (Phi) is 5.06. The Morgan fingerprint density at radius 2 is 1.59 bits per heavy atom. The molecule has 0 atom stereocenters. The number of sulfonamides is 1. The smallest absolute Gasteiger partial charge is 0.238 e. The lowest BCUT2D eigenvalue weighted by molar-refractivity contribution is 0.598. The van der Waals surface area contributed by atoms with E-state index in [0.29, 0.717) is 17.3 Å². The molecule has 3 aromatic carbocycles. The van der Waals surface area contributed by atoms with Crippen molar-refractivity contribution < 1.29 is 8.42 Å². The van der Waals surface area contributed by atoms with E-state index in [1.54, 1.807) is 42.0 Å². The molecular weight excluding hydrogens is 488 g/mol. The molecule has 0 amide bonds. The molecule has 1 aliphatic rings. The highest BCUT2D eigenvalue weighted by Gasteiger charge is 2.23. The number of benzene rings is 3. The zero-order valence-electron chi connectivity index (χ0n) is 17.4. The number of aromatic nitrogens is 4. The molecule has 34 heavy (non-hydrogen) atoms. The molecule has 6 rings (SSSR count). The number of rotatable bonds is 4. The topological polar surface area (TPSA) is 127 Å². The number of imidazole rings is 1. The molecule has 0 radical (unpaired) electrons. The summed E-state index contributed by atoms with van der Waals surface area (Å²) in [5, 5.41) is 8.34. The number of primary sulfonamides is 1. The monoisotopic (exact) mass is 504 g/mol. The van der Waals surface area contributed by atoms with Crippen molar-refractivity contribution in [2.45, 2.75) is 24.5 Å². The van der Waals surface area contributed by atoms with Gasteiger partial charge in [-0.25, -0.2) is 23.5 Å². The summed E-state index contributed by atoms with van der Waals surface area (Å²) in [4.78, 5) is 21.6. The van der Waals surface area contributed by atoms with Crippen molar-refractivity contribution in [2.24, 2.45) is 5.14 Å². The largest absolute Gasteiger partial charge is 0.341 e. The lowest BCUT2D eigenvalue weighted by Crippen LogP contribution is -2.11. The zero-order chi connectivity index (χ0) is 23.3. The maximum atomic E-state index is 11.5. The summed E-state index contributed by atoms with van der Waals surface area (Å²) >= 11 is 3.47. The van der Waals surface area contributed by atoms with Crippen LogP contribution in [0.4, 0.5) is 11.6 Å². The molecule has 11 heteroatoms. The minimum Gasteiger partial charge on any atom is -0.341 e. The third-order valence-electron chi connectivity index (χ3n) is 5.24. The summed E-state index contributed by atoms with van der Waals surface area (Å²) in [5.74, 6) is 0.351. The van der Waals surface area contributed by atoms with Crippen molar-refractivity contribution >= 4 is 56.3 Å². The standard InChI is InChI=1S/C23H16N6O2S3/c24-34(30,31)14-10-8-13(9-11-14)27-23-28-19(20-22(29-23)26-12-25-20)15-4-3-7-18-21(15)33-17-6-2-1-5-16(17)32-18/h1-12H,(H2,24,30,31)(H2,25,26,27,28,29). The normalized spacial score (nSPS) is 12.9. The Bertz CT molecular complexity index is 1670. The molecule has 0 aliphatic carbocycles. The van der Waals surface area contributed by atoms with E-state index in [9.17, 15) is 8.42 Å². The maximum absolute atomic E-state index is 11.5. The first-order chi connectivity index (χ1) is 16.5. The van der Waals surface area contributed by atoms with Gasteiger partial charge in [-0.15, -0.1) is 0 Å². The number of H-pyrrole nitrogens is 1. The molecular formula is C23H16N6O2S3. The number of hydrogen-bond acceptors (Lipinski definition) is 8. The SMILES string of the molecule is NS(=O)(=O)c1ccc(Nc2nc(-c3cccc4c3Sc3ccccc3S4)c3[nH]cnc3n2)cc1. The van der Waals surface area contributed by atoms with Crippen LogP contribution in [0.2, 0.25) is 0 Å². The van der Waals surface area contributed by atoms with Crippen LogP contribution in [-0.2, 0) is 10.0 Å². The van der Waals surface area contributed by atoms with E-state index in [4.69, 9.17) is 10.1 Å². The number of aromatic amines is 1. The lowest BCUT2D eigenvalue weighted by Gasteiger charge is -2.21. The Labute approximate surface area is 203 Å². The first kappa shape index (κ1) is 21.2. The van der Waals surface area contributed by atoms with Gasteiger partial charge in [0, 0.05) is 30.8 Å². The number of nitrogens with two attached hydrogens (primary N) is 1. The Hall–Kier alpha value is -3.38. The van der Waals surface area contributed by atoms with Crippen molar-refractivity contribution in [1.29, 1.82) is 0 Å². The third-order valence-corrected chi connectivity index (χ3v) is 8.78. The molecule has 0 fully saturated rings. The van der Waals surface area contributed by atoms with Gasteiger partial charge in [-0.3, -0.25) is 0 Å². The number of anilines is 2. The van der Waals surface area contributed by atoms with Gasteiger partial charge in [0.15, 0.2) is 5.65 Å². The minimum absolute atomic E-state index is 0.0353. The minimum atomic E-state index is -3.76. The van der Waals surface area contributed by atoms with Gasteiger partial charge in [-0.1, -0.05) is 47.8 Å². The number of nitrogens with one attached hydrogen (secondary N) is 2. The fourth-order valence-electron chi connectivity index (χ4n) is 3.68. The Balaban J connectivity index is 1.43. The molecule has 3 heterocycles. The molecule has 0 unspecified atom stereocenters. The summed E-state index contributed by atoms with van der Waals surface area (Å²) in [5.41, 5.74) is 3.61. The van der Waals surface area contributed by atoms with Crippen LogP contribution in [0.15, 0.2) is 97.5 Å². The van der Waals surface area contributed by atoms with Gasteiger partial charge in [0.05, 0.1) is 11.2 Å². The summed E-state index contributed by atoms with van der Waals surface area (Å²) < 4.78 is 23.1. The van der Waals surface area contributed by atoms with Gasteiger partial charge in [0.25, 0.3) is 0 Å². The first-order valence-corrected chi connectivity index (χ1v) is 13.3. The van der Waals surface area contributed by atoms with E-state index >= 15 is 0 Å². The van der Waals surface area contributed by atoms with Gasteiger partial charge >= 0.3 is 0 Å². The van der Waals surface area contributed by atoms with E-state index < -0.39 is 10.0 Å². The third kappa shape index (κ3) is 3.82. The van der Waals surface area contributed by atoms with E-state index in [-0.39, 0.29) is 4.90 Å². The highest BCUT2D eigenvalue weighted by molar-refractivity contribution is 8.05. The summed E-state index contributed by atoms with van der Waals surface area (Å²) in [7, 11) is -3.76. The van der Waals surface area contributed by atoms with Gasteiger partial charge in [-0.05, 0) is 42.5 Å². The molecule has 0 saturated carbocycles. The first-order valence-electron chi connectivity index (χ1n) is 10.1. The fourth-order valence-corrected chi connectivity index (χ4v) is 6.57. The fraction of sp³-hybridized carbons (Fsp3) is 0. The van der Waals surface area contributed by atoms with Crippen LogP contribution in [0.1, 0.15) is 0 Å². The predicted molar refractivity (Wildman–Crippen MR) is 133 cm³/mol. The van der Waals surface area contributed by atoms with Gasteiger partial charge in [0.2, 0.25) is 16.0 Å². The summed E-state index contributed by atoms with van der Waals surface area (Å²) in [6.45, 7) is 0. The van der Waals surface area contributed by atoms with E-state index in [1.807, 2.05) is 24.3 Å². The van der Waals surface area contributed by atoms with Crippen molar-refractivity contribution in [1.82, 2.24) is 19.9 Å². The molecule has 1 aliphatic heterocycles. The highest BCUT2D eigenvalue weighted by atomic mass is 32.2. The predicted octanol–water partition coefficient (Wildman–Crippen LogP) is 5.03. The molecule has 0 spiro atoms. The van der Waals surface area contributed by atoms with Crippen molar-refractivity contribution in [2.75, 3.05) is 5.32 Å². The van der Waals surface area contributed by atoms with E-state index in [1.165, 1.54) is 26.8 Å². The number of nitrogens with zero attached hydrogens (tertiary/aromatic N) is 3. The number of hydrogen-bond donors (Lipinski definition) is 3. The molecule has 2 aromatic heterocycles. The van der Waals surface area contributed by atoms with Crippen LogP contribution in [0.5, 0.6) is 0 Å². The zero-order valence-corrected chi connectivity index (χ0v) is 19.8. The maximum Gasteiger partial charge on any atom is 0.238 e. The van der Waals surface area contributed by atoms with Gasteiger partial charge < -0.3 is 10.3 Å². The van der Waals surface area contributed by atoms with Crippen LogP contribution in [-0.4, -0.2) is 28.4 Å². The van der Waals surface area contributed by atoms with Crippen molar-refractivity contribution in [3.63, 3.8) is 0 Å². The second-order valence-corrected chi connectivity index (χ2v) is 11.2. The molecule has 4 N–H and O–H groups in total. The van der Waals surface area contributed by atoms with Gasteiger partial charge in [-0.2, -0.15) is 4.98 Å².